The molecule has 2 aromatic heterocycles. The summed E-state index contributed by atoms with van der Waals surface area (Å²) in [6, 6.07) is 78.6. The summed E-state index contributed by atoms with van der Waals surface area (Å²) in [6.45, 7) is 19.7. The molecule has 0 saturated heterocycles. The van der Waals surface area contributed by atoms with Crippen LogP contribution in [-0.4, -0.2) is 17.8 Å². The van der Waals surface area contributed by atoms with E-state index in [0.717, 1.165) is 12.8 Å². The Morgan fingerprint density at radius 2 is 0.781 bits per heavy atom. The third-order valence-corrected chi connectivity index (χ3v) is 29.0. The Labute approximate surface area is 438 Å². The molecule has 3 heteroatoms. The van der Waals surface area contributed by atoms with E-state index in [4.69, 9.17) is 0 Å². The second kappa shape index (κ2) is 16.8. The molecule has 2 heterocycles. The molecule has 1 nitrogen and oxygen atoms in total. The fourth-order valence-electron chi connectivity index (χ4n) is 13.5. The first-order chi connectivity index (χ1) is 35.2. The maximum atomic E-state index is 2.69. The predicted molar refractivity (Wildman–Crippen MR) is 319 cm³/mol. The van der Waals surface area contributed by atoms with Crippen molar-refractivity contribution in [2.45, 2.75) is 103 Å². The first-order valence-electron chi connectivity index (χ1n) is 26.7. The fourth-order valence-corrected chi connectivity index (χ4v) is 24.7. The molecule has 11 aromatic rings. The van der Waals surface area contributed by atoms with E-state index in [2.05, 4.69) is 260 Å². The van der Waals surface area contributed by atoms with Crippen LogP contribution >= 0.6 is 11.3 Å². The fraction of sp³-hybridized carbons (Fsp3) is 0.229. The van der Waals surface area contributed by atoms with E-state index < -0.39 is 13.3 Å². The zero-order valence-corrected chi connectivity index (χ0v) is 46.7. The van der Waals surface area contributed by atoms with Crippen LogP contribution in [0.25, 0.3) is 69.9 Å². The normalized spacial score (nSPS) is 16.7. The Bertz CT molecular complexity index is 3760. The van der Waals surface area contributed by atoms with Crippen molar-refractivity contribution in [1.29, 1.82) is 0 Å². The molecule has 0 radical (unpaired) electrons. The van der Waals surface area contributed by atoms with E-state index in [0.29, 0.717) is 0 Å². The Morgan fingerprint density at radius 3 is 1.29 bits per heavy atom. The molecule has 0 aliphatic heterocycles. The van der Waals surface area contributed by atoms with E-state index >= 15 is 0 Å². The molecule has 0 saturated carbocycles. The van der Waals surface area contributed by atoms with Crippen molar-refractivity contribution in [3.63, 3.8) is 0 Å². The summed E-state index contributed by atoms with van der Waals surface area (Å²) in [6.07, 6.45) is 4.67. The molecule has 0 atom stereocenters. The molecule has 0 spiro atoms. The molecule has 0 bridgehead atoms. The predicted octanol–water partition coefficient (Wildman–Crippen LogP) is 16.6. The van der Waals surface area contributed by atoms with Gasteiger partial charge in [0.25, 0.3) is 0 Å². The molecule has 0 amide bonds. The van der Waals surface area contributed by atoms with Crippen LogP contribution in [0.2, 0.25) is 0 Å². The number of aromatic nitrogens is 1. The van der Waals surface area contributed by atoms with Gasteiger partial charge in [0.1, 0.15) is 0 Å². The Balaban J connectivity index is 1.25. The Morgan fingerprint density at radius 1 is 0.342 bits per heavy atom. The van der Waals surface area contributed by atoms with Crippen LogP contribution in [-0.2, 0) is 21.7 Å². The van der Waals surface area contributed by atoms with Crippen LogP contribution in [0.1, 0.15) is 103 Å². The minimum atomic E-state index is -3.90. The number of hydrogen-bond donors (Lipinski definition) is 0. The number of rotatable bonds is 7. The summed E-state index contributed by atoms with van der Waals surface area (Å²) < 4.78 is 11.0. The van der Waals surface area contributed by atoms with Crippen molar-refractivity contribution in [1.82, 2.24) is 4.57 Å². The summed E-state index contributed by atoms with van der Waals surface area (Å²) in [5, 5.41) is 5.23. The first-order valence-corrected chi connectivity index (χ1v) is 31.7. The number of nitrogens with zero attached hydrogens (tertiary/aromatic N) is 1. The standard InChI is InChI=1S/C70H65GeNS/c1-67(2)36-38-69(5,6)60-40-46(32-34-58(60)67)54-42-51(71(48-22-12-9-13-23-48,49-24-14-10-15-25-49)50-26-16-11-17-27-50)43-55(47-33-35-59-61(41-47)70(7,8)39-37-68(59,3)4)66(54)72-62-30-20-18-28-52(62)56-44-57-53-29-19-21-31-64(53)73-65(57)45-63(56)72/h9-35,40-45H,36-39H2,1-8H3. The Kier molecular flexibility index (Phi) is 10.7. The topological polar surface area (TPSA) is 4.93 Å². The van der Waals surface area contributed by atoms with Gasteiger partial charge in [-0.3, -0.25) is 0 Å². The number of thiophene rings is 1. The summed E-state index contributed by atoms with van der Waals surface area (Å²) >= 11 is -1.99. The number of para-hydroxylation sites is 1. The van der Waals surface area contributed by atoms with E-state index in [9.17, 15) is 0 Å². The molecular formula is C70H65GeNS. The maximum absolute atomic E-state index is 3.90. The van der Waals surface area contributed by atoms with E-state index in [1.807, 2.05) is 11.3 Å². The Hall–Kier alpha value is -6.46. The van der Waals surface area contributed by atoms with Crippen LogP contribution in [0.5, 0.6) is 0 Å². The molecule has 360 valence electrons. The molecule has 73 heavy (non-hydrogen) atoms. The summed E-state index contributed by atoms with van der Waals surface area (Å²) in [7, 11) is 0. The van der Waals surface area contributed by atoms with Crippen LogP contribution in [0, 0.1) is 0 Å². The van der Waals surface area contributed by atoms with E-state index in [1.54, 1.807) is 0 Å². The second-order valence-electron chi connectivity index (χ2n) is 24.1. The monoisotopic (exact) mass is 1030 g/mol. The van der Waals surface area contributed by atoms with Crippen LogP contribution < -0.4 is 17.6 Å². The molecule has 2 aliphatic rings. The van der Waals surface area contributed by atoms with Crippen LogP contribution in [0.15, 0.2) is 200 Å². The quantitative estimate of drug-likeness (QED) is 0.140. The molecule has 2 aliphatic carbocycles. The number of benzene rings is 9. The average Bonchev–Trinajstić information content (AvgIpc) is 3.93. The van der Waals surface area contributed by atoms with Crippen molar-refractivity contribution in [3.05, 3.63) is 222 Å². The van der Waals surface area contributed by atoms with Gasteiger partial charge in [-0.05, 0) is 0 Å². The summed E-state index contributed by atoms with van der Waals surface area (Å²) in [5.41, 5.74) is 15.0. The average molecular weight is 1020 g/mol. The first kappa shape index (κ1) is 46.3. The third-order valence-electron chi connectivity index (χ3n) is 17.9. The minimum absolute atomic E-state index is 0.0255. The SMILES string of the molecule is CC1(C)CCC(C)(C)c2cc(-c3c[c]([Ge]([c]4ccccc4)([c]4ccccc4)[c]4ccccc4)cc(-c4ccc5c(c4)C(C)(C)CCC5(C)C)c3-n3c4ccccc4c4cc5c(cc43)sc3ccccc35)ccc21. The van der Waals surface area contributed by atoms with Crippen molar-refractivity contribution in [2.75, 3.05) is 0 Å². The van der Waals surface area contributed by atoms with Gasteiger partial charge in [0.2, 0.25) is 0 Å². The van der Waals surface area contributed by atoms with Crippen molar-refractivity contribution in [3.8, 4) is 27.9 Å². The molecule has 9 aromatic carbocycles. The second-order valence-corrected chi connectivity index (χ2v) is 33.2. The summed E-state index contributed by atoms with van der Waals surface area (Å²) in [4.78, 5) is 0. The molecule has 0 N–H and O–H groups in total. The van der Waals surface area contributed by atoms with Crippen molar-refractivity contribution < 1.29 is 0 Å². The van der Waals surface area contributed by atoms with Gasteiger partial charge in [-0.25, -0.2) is 0 Å². The molecule has 0 unspecified atom stereocenters. The van der Waals surface area contributed by atoms with Gasteiger partial charge in [-0.2, -0.15) is 0 Å². The van der Waals surface area contributed by atoms with Crippen LogP contribution in [0.3, 0.4) is 0 Å². The van der Waals surface area contributed by atoms with E-state index in [1.165, 1.54) is 123 Å². The molecule has 0 fully saturated rings. The van der Waals surface area contributed by atoms with Gasteiger partial charge in [-0.1, -0.05) is 0 Å². The van der Waals surface area contributed by atoms with Gasteiger partial charge in [-0.15, -0.1) is 0 Å². The molecular weight excluding hydrogens is 959 g/mol. The zero-order chi connectivity index (χ0) is 50.1. The van der Waals surface area contributed by atoms with Crippen molar-refractivity contribution >= 4 is 84.2 Å². The van der Waals surface area contributed by atoms with E-state index in [-0.39, 0.29) is 21.7 Å². The van der Waals surface area contributed by atoms with Crippen LogP contribution in [0.4, 0.5) is 0 Å². The number of fused-ring (bicyclic) bond motifs is 8. The van der Waals surface area contributed by atoms with Gasteiger partial charge in [0, 0.05) is 0 Å². The molecule has 13 rings (SSSR count). The van der Waals surface area contributed by atoms with Gasteiger partial charge in [0.15, 0.2) is 0 Å². The third kappa shape index (κ3) is 7.21. The number of hydrogen-bond acceptors (Lipinski definition) is 1. The zero-order valence-electron chi connectivity index (χ0n) is 43.7. The van der Waals surface area contributed by atoms with Gasteiger partial charge in [0.05, 0.1) is 0 Å². The van der Waals surface area contributed by atoms with Gasteiger partial charge >= 0.3 is 442 Å². The van der Waals surface area contributed by atoms with Gasteiger partial charge < -0.3 is 0 Å². The van der Waals surface area contributed by atoms with Crippen molar-refractivity contribution in [2.24, 2.45) is 0 Å². The summed E-state index contributed by atoms with van der Waals surface area (Å²) in [5.74, 6) is 0.